The molecule has 4 aromatic rings. The molecule has 0 saturated carbocycles. The van der Waals surface area contributed by atoms with Crippen LogP contribution in [0.15, 0.2) is 85.2 Å². The van der Waals surface area contributed by atoms with Gasteiger partial charge in [0.15, 0.2) is 10.9 Å². The molecule has 6 nitrogen and oxygen atoms in total. The highest BCUT2D eigenvalue weighted by Gasteiger charge is 2.16. The van der Waals surface area contributed by atoms with E-state index in [1.807, 2.05) is 47.3 Å². The van der Waals surface area contributed by atoms with Crippen LogP contribution in [0.4, 0.5) is 17.1 Å². The van der Waals surface area contributed by atoms with Crippen LogP contribution in [-0.2, 0) is 4.79 Å². The van der Waals surface area contributed by atoms with E-state index in [9.17, 15) is 4.79 Å². The predicted octanol–water partition coefficient (Wildman–Crippen LogP) is 7.34. The van der Waals surface area contributed by atoms with Gasteiger partial charge in [-0.3, -0.25) is 4.79 Å². The minimum Gasteiger partial charge on any atom is -0.453 e. The fourth-order valence-electron chi connectivity index (χ4n) is 3.21. The third-order valence-corrected chi connectivity index (χ3v) is 5.34. The third-order valence-electron chi connectivity index (χ3n) is 4.66. The fraction of sp³-hybridized carbons (Fsp3) is 0.0400. The van der Waals surface area contributed by atoms with Gasteiger partial charge in [0.25, 0.3) is 0 Å². The number of aromatic nitrogens is 1. The number of hydrogen-bond acceptors (Lipinski definition) is 3. The van der Waals surface area contributed by atoms with Gasteiger partial charge in [-0.25, -0.2) is 0 Å². The summed E-state index contributed by atoms with van der Waals surface area (Å²) in [5, 5.41) is 10.5. The van der Waals surface area contributed by atoms with Gasteiger partial charge in [-0.1, -0.05) is 23.2 Å². The second-order valence-corrected chi connectivity index (χ2v) is 8.57. The Morgan fingerprint density at radius 2 is 1.47 bits per heavy atom. The number of benzene rings is 3. The summed E-state index contributed by atoms with van der Waals surface area (Å²) in [5.74, 6) is 1.01. The lowest BCUT2D eigenvalue weighted by molar-refractivity contribution is -0.114. The van der Waals surface area contributed by atoms with E-state index in [4.69, 9.17) is 40.2 Å². The van der Waals surface area contributed by atoms with Gasteiger partial charge >= 0.3 is 0 Å². The second-order valence-electron chi connectivity index (χ2n) is 7.29. The molecule has 0 spiro atoms. The summed E-state index contributed by atoms with van der Waals surface area (Å²) < 4.78 is 8.15. The van der Waals surface area contributed by atoms with Crippen molar-refractivity contribution in [3.63, 3.8) is 0 Å². The van der Waals surface area contributed by atoms with Crippen LogP contribution in [-0.4, -0.2) is 15.6 Å². The van der Waals surface area contributed by atoms with Gasteiger partial charge in [-0.05, 0) is 85.0 Å². The van der Waals surface area contributed by atoms with Gasteiger partial charge in [0.2, 0.25) is 5.91 Å². The van der Waals surface area contributed by atoms with Crippen LogP contribution in [0.5, 0.6) is 11.5 Å². The molecular formula is C25H20Cl2N4O2S. The first kappa shape index (κ1) is 23.6. The van der Waals surface area contributed by atoms with Gasteiger partial charge in [0, 0.05) is 40.7 Å². The van der Waals surface area contributed by atoms with Crippen LogP contribution in [0.25, 0.3) is 5.69 Å². The van der Waals surface area contributed by atoms with Crippen LogP contribution in [0.2, 0.25) is 10.0 Å². The Hall–Kier alpha value is -3.52. The van der Waals surface area contributed by atoms with Crippen LogP contribution >= 0.6 is 35.4 Å². The summed E-state index contributed by atoms with van der Waals surface area (Å²) in [6.07, 6.45) is 3.80. The summed E-state index contributed by atoms with van der Waals surface area (Å²) in [6, 6.07) is 21.7. The first-order valence-corrected chi connectivity index (χ1v) is 11.4. The molecule has 0 fully saturated rings. The minimum absolute atomic E-state index is 0.134. The molecule has 9 heteroatoms. The molecule has 172 valence electrons. The Labute approximate surface area is 212 Å². The van der Waals surface area contributed by atoms with Crippen molar-refractivity contribution in [1.82, 2.24) is 4.57 Å². The molecule has 1 aromatic heterocycles. The normalized spacial score (nSPS) is 10.4. The maximum atomic E-state index is 11.2. The zero-order valence-corrected chi connectivity index (χ0v) is 20.3. The van der Waals surface area contributed by atoms with Gasteiger partial charge in [0.05, 0.1) is 11.4 Å². The zero-order chi connectivity index (χ0) is 24.1. The molecule has 0 aliphatic heterocycles. The van der Waals surface area contributed by atoms with Crippen molar-refractivity contribution >= 4 is 63.5 Å². The van der Waals surface area contributed by atoms with Crippen LogP contribution < -0.4 is 20.7 Å². The molecule has 1 heterocycles. The quantitative estimate of drug-likeness (QED) is 0.236. The van der Waals surface area contributed by atoms with Crippen molar-refractivity contribution < 1.29 is 9.53 Å². The van der Waals surface area contributed by atoms with Gasteiger partial charge in [-0.2, -0.15) is 0 Å². The number of carbonyl (C=O) groups excluding carboxylic acids is 1. The number of carbonyl (C=O) groups is 1. The van der Waals surface area contributed by atoms with Crippen molar-refractivity contribution in [3.05, 3.63) is 95.2 Å². The molecule has 0 unspecified atom stereocenters. The van der Waals surface area contributed by atoms with E-state index in [1.165, 1.54) is 6.92 Å². The SMILES string of the molecule is CC(=O)Nc1ccc(NC(=S)Nc2cc(Cl)cc(-n3cccc3)c2Oc2ccc(Cl)cc2)cc1. The monoisotopic (exact) mass is 510 g/mol. The van der Waals surface area contributed by atoms with E-state index in [0.29, 0.717) is 38.0 Å². The molecular weight excluding hydrogens is 491 g/mol. The lowest BCUT2D eigenvalue weighted by Gasteiger charge is -2.19. The largest absolute Gasteiger partial charge is 0.453 e. The van der Waals surface area contributed by atoms with Gasteiger partial charge in [-0.15, -0.1) is 0 Å². The molecule has 1 amide bonds. The van der Waals surface area contributed by atoms with Crippen LogP contribution in [0.1, 0.15) is 6.92 Å². The highest BCUT2D eigenvalue weighted by molar-refractivity contribution is 7.80. The average Bonchev–Trinajstić information content (AvgIpc) is 3.32. The number of halogens is 2. The predicted molar refractivity (Wildman–Crippen MR) is 143 cm³/mol. The van der Waals surface area contributed by atoms with E-state index < -0.39 is 0 Å². The molecule has 3 N–H and O–H groups in total. The highest BCUT2D eigenvalue weighted by Crippen LogP contribution is 2.39. The van der Waals surface area contributed by atoms with Crippen molar-refractivity contribution in [1.29, 1.82) is 0 Å². The maximum absolute atomic E-state index is 11.2. The molecule has 3 aromatic carbocycles. The maximum Gasteiger partial charge on any atom is 0.221 e. The summed E-state index contributed by atoms with van der Waals surface area (Å²) in [4.78, 5) is 11.2. The smallest absolute Gasteiger partial charge is 0.221 e. The number of thiocarbonyl (C=S) groups is 1. The van der Waals surface area contributed by atoms with Gasteiger partial charge in [0.1, 0.15) is 5.75 Å². The van der Waals surface area contributed by atoms with Crippen molar-refractivity contribution in [2.45, 2.75) is 6.92 Å². The van der Waals surface area contributed by atoms with E-state index in [-0.39, 0.29) is 5.91 Å². The third kappa shape index (κ3) is 6.08. The van der Waals surface area contributed by atoms with Gasteiger partial charge < -0.3 is 25.3 Å². The first-order chi connectivity index (χ1) is 16.4. The van der Waals surface area contributed by atoms with Crippen LogP contribution in [0.3, 0.4) is 0 Å². The number of nitrogens with zero attached hydrogens (tertiary/aromatic N) is 1. The van der Waals surface area contributed by atoms with Crippen molar-refractivity contribution in [2.75, 3.05) is 16.0 Å². The molecule has 0 bridgehead atoms. The molecule has 0 atom stereocenters. The molecule has 0 saturated heterocycles. The zero-order valence-electron chi connectivity index (χ0n) is 18.0. The van der Waals surface area contributed by atoms with E-state index in [2.05, 4.69) is 16.0 Å². The molecule has 34 heavy (non-hydrogen) atoms. The first-order valence-electron chi connectivity index (χ1n) is 10.2. The molecule has 0 radical (unpaired) electrons. The number of ether oxygens (including phenoxy) is 1. The number of amides is 1. The molecule has 0 aliphatic rings. The number of anilines is 3. The van der Waals surface area contributed by atoms with E-state index in [0.717, 1.165) is 11.4 Å². The summed E-state index contributed by atoms with van der Waals surface area (Å²) in [5.41, 5.74) is 2.76. The van der Waals surface area contributed by atoms with Crippen molar-refractivity contribution in [2.24, 2.45) is 0 Å². The average molecular weight is 511 g/mol. The summed E-state index contributed by atoms with van der Waals surface area (Å²) in [7, 11) is 0. The summed E-state index contributed by atoms with van der Waals surface area (Å²) >= 11 is 18.0. The number of hydrogen-bond donors (Lipinski definition) is 3. The Balaban J connectivity index is 1.61. The Morgan fingerprint density at radius 1 is 0.853 bits per heavy atom. The van der Waals surface area contributed by atoms with Crippen LogP contribution in [0, 0.1) is 0 Å². The lowest BCUT2D eigenvalue weighted by Crippen LogP contribution is -2.19. The topological polar surface area (TPSA) is 67.3 Å². The van der Waals surface area contributed by atoms with E-state index >= 15 is 0 Å². The molecule has 0 aliphatic carbocycles. The standard InChI is InChI=1S/C25H20Cl2N4O2S/c1-16(32)28-19-6-8-20(9-7-19)29-25(34)30-22-14-18(27)15-23(31-12-2-3-13-31)24(22)33-21-10-4-17(26)5-11-21/h2-15H,1H3,(H,28,32)(H2,29,30,34). The van der Waals surface area contributed by atoms with Crippen molar-refractivity contribution in [3.8, 4) is 17.2 Å². The Kier molecular flexibility index (Phi) is 7.37. The highest BCUT2D eigenvalue weighted by atomic mass is 35.5. The second kappa shape index (κ2) is 10.6. The Bertz CT molecular complexity index is 1310. The summed E-state index contributed by atoms with van der Waals surface area (Å²) in [6.45, 7) is 1.46. The minimum atomic E-state index is -0.134. The molecule has 4 rings (SSSR count). The lowest BCUT2D eigenvalue weighted by atomic mass is 10.2. The number of nitrogens with one attached hydrogen (secondary N) is 3. The van der Waals surface area contributed by atoms with E-state index in [1.54, 1.807) is 42.5 Å². The fourth-order valence-corrected chi connectivity index (χ4v) is 3.78. The Morgan fingerprint density at radius 3 is 2.09 bits per heavy atom. The number of rotatable bonds is 6.